The minimum absolute atomic E-state index is 0.139. The summed E-state index contributed by atoms with van der Waals surface area (Å²) in [5, 5.41) is 10.8. The van der Waals surface area contributed by atoms with E-state index in [0.29, 0.717) is 54.3 Å². The number of hydrogen-bond donors (Lipinski definition) is 0. The summed E-state index contributed by atoms with van der Waals surface area (Å²) in [5.74, 6) is 0.925. The first-order valence-corrected chi connectivity index (χ1v) is 20.0. The third-order valence-corrected chi connectivity index (χ3v) is 9.55. The first kappa shape index (κ1) is 43.5. The molecule has 0 radical (unpaired) electrons. The molecule has 4 aromatic heterocycles. The molecule has 4 heterocycles. The van der Waals surface area contributed by atoms with Crippen LogP contribution in [-0.2, 0) is 22.6 Å². The highest BCUT2D eigenvalue weighted by atomic mass is 35.5. The minimum Gasteiger partial charge on any atom is -0.443 e. The van der Waals surface area contributed by atoms with Gasteiger partial charge in [0.05, 0.1) is 31.2 Å². The quantitative estimate of drug-likeness (QED) is 0.145. The van der Waals surface area contributed by atoms with E-state index in [-0.39, 0.29) is 18.2 Å². The maximum absolute atomic E-state index is 13.3. The summed E-state index contributed by atoms with van der Waals surface area (Å²) in [5.41, 5.74) is 2.80. The summed E-state index contributed by atoms with van der Waals surface area (Å²) in [6.45, 7) is 11.2. The molecule has 0 atom stereocenters. The number of halogens is 5. The molecule has 0 saturated heterocycles. The first-order chi connectivity index (χ1) is 27.8. The highest BCUT2D eigenvalue weighted by Gasteiger charge is 2.29. The Labute approximate surface area is 366 Å². The van der Waals surface area contributed by atoms with E-state index in [1.54, 1.807) is 92.3 Å². The summed E-state index contributed by atoms with van der Waals surface area (Å²) in [7, 11) is 0. The lowest BCUT2D eigenvalue weighted by Gasteiger charge is -2.28. The fourth-order valence-electron chi connectivity index (χ4n) is 5.66. The van der Waals surface area contributed by atoms with Gasteiger partial charge in [0.15, 0.2) is 11.3 Å². The van der Waals surface area contributed by atoms with Crippen LogP contribution < -0.4 is 9.80 Å². The zero-order valence-corrected chi connectivity index (χ0v) is 36.6. The number of fused-ring (bicyclic) bond motifs is 2. The molecule has 0 saturated carbocycles. The average Bonchev–Trinajstić information content (AvgIpc) is 3.83. The van der Waals surface area contributed by atoms with Crippen molar-refractivity contribution in [3.63, 3.8) is 0 Å². The molecule has 2 amide bonds. The molecule has 0 aliphatic rings. The van der Waals surface area contributed by atoms with Crippen molar-refractivity contribution in [3.05, 3.63) is 140 Å². The van der Waals surface area contributed by atoms with Gasteiger partial charge in [-0.05, 0) is 76.9 Å². The third-order valence-electron chi connectivity index (χ3n) is 8.19. The molecule has 0 N–H and O–H groups in total. The van der Waals surface area contributed by atoms with Crippen LogP contribution in [-0.4, -0.2) is 52.6 Å². The van der Waals surface area contributed by atoms with Crippen molar-refractivity contribution in [2.75, 3.05) is 9.80 Å². The number of ether oxygens (including phenoxy) is 2. The smallest absolute Gasteiger partial charge is 0.416 e. The lowest BCUT2D eigenvalue weighted by atomic mass is 10.1. The molecule has 0 aliphatic heterocycles. The molecule has 0 spiro atoms. The largest absolute Gasteiger partial charge is 0.443 e. The third kappa shape index (κ3) is 11.1. The number of aromatic nitrogens is 6. The van der Waals surface area contributed by atoms with Gasteiger partial charge in [-0.3, -0.25) is 9.80 Å². The first-order valence-electron chi connectivity index (χ1n) is 18.1. The van der Waals surface area contributed by atoms with E-state index < -0.39 is 23.4 Å². The molecule has 7 rings (SSSR count). The van der Waals surface area contributed by atoms with E-state index in [4.69, 9.17) is 72.5 Å². The topological polar surface area (TPSA) is 119 Å². The number of nitrogens with zero attached hydrogens (tertiary/aromatic N) is 8. The average molecular weight is 897 g/mol. The zero-order valence-electron chi connectivity index (χ0n) is 32.8. The summed E-state index contributed by atoms with van der Waals surface area (Å²) >= 11 is 30.9. The maximum atomic E-state index is 13.3. The number of benzene rings is 3. The lowest BCUT2D eigenvalue weighted by molar-refractivity contribution is 0.0565. The Bertz CT molecular complexity index is 2620. The normalized spacial score (nSPS) is 11.6. The van der Waals surface area contributed by atoms with E-state index in [1.807, 2.05) is 57.2 Å². The molecule has 17 heteroatoms. The van der Waals surface area contributed by atoms with E-state index in [1.165, 1.54) is 14.3 Å². The van der Waals surface area contributed by atoms with Crippen LogP contribution in [0.2, 0.25) is 25.2 Å². The number of hydrogen-bond acceptors (Lipinski definition) is 8. The van der Waals surface area contributed by atoms with Crippen molar-refractivity contribution in [2.24, 2.45) is 0 Å². The Morgan fingerprint density at radius 3 is 1.51 bits per heavy atom. The molecule has 0 fully saturated rings. The van der Waals surface area contributed by atoms with Gasteiger partial charge in [0, 0.05) is 49.9 Å². The molecule has 59 heavy (non-hydrogen) atoms. The van der Waals surface area contributed by atoms with Gasteiger partial charge < -0.3 is 9.47 Å². The van der Waals surface area contributed by atoms with Crippen molar-refractivity contribution in [1.82, 2.24) is 29.2 Å². The molecule has 7 aromatic rings. The van der Waals surface area contributed by atoms with Crippen LogP contribution in [0.25, 0.3) is 22.6 Å². The van der Waals surface area contributed by atoms with Gasteiger partial charge >= 0.3 is 12.2 Å². The molecule has 306 valence electrons. The predicted molar refractivity (Wildman–Crippen MR) is 234 cm³/mol. The van der Waals surface area contributed by atoms with Crippen LogP contribution in [0.15, 0.2) is 103 Å². The van der Waals surface area contributed by atoms with Gasteiger partial charge in [-0.15, -0.1) is 0 Å². The Morgan fingerprint density at radius 2 is 1.05 bits per heavy atom. The molecule has 0 unspecified atom stereocenters. The van der Waals surface area contributed by atoms with Crippen LogP contribution in [0.4, 0.5) is 21.2 Å². The Kier molecular flexibility index (Phi) is 13.3. The number of rotatable bonds is 7. The van der Waals surface area contributed by atoms with E-state index >= 15 is 0 Å². The van der Waals surface area contributed by atoms with Crippen LogP contribution in [0, 0.1) is 0 Å². The van der Waals surface area contributed by atoms with E-state index in [2.05, 4.69) is 15.2 Å². The van der Waals surface area contributed by atoms with E-state index in [9.17, 15) is 9.59 Å². The number of anilines is 2. The summed E-state index contributed by atoms with van der Waals surface area (Å²) in [6.07, 6.45) is 2.13. The van der Waals surface area contributed by atoms with Crippen molar-refractivity contribution in [3.8, 4) is 11.3 Å². The van der Waals surface area contributed by atoms with Gasteiger partial charge in [-0.25, -0.2) is 19.6 Å². The fraction of sp³-hybridized carbons (Fsp3) is 0.238. The van der Waals surface area contributed by atoms with Gasteiger partial charge in [0.25, 0.3) is 0 Å². The number of carbonyl (C=O) groups excluding carboxylic acids is 2. The fourth-order valence-corrected chi connectivity index (χ4v) is 6.78. The van der Waals surface area contributed by atoms with Crippen molar-refractivity contribution in [1.29, 1.82) is 0 Å². The van der Waals surface area contributed by atoms with Crippen LogP contribution >= 0.6 is 58.0 Å². The molecule has 0 aliphatic carbocycles. The highest BCUT2D eigenvalue weighted by molar-refractivity contribution is 6.35. The SMILES string of the molecule is CC(C)(C)OC(=O)N(Cc1ccc(Cl)cc1Cl)c1cc(-c2ccccc2)nc2ccnn12.CC(C)(C)OC(=O)N(Cc1ccc(Cl)cc1Cl)c1cc(Cl)nc2ccnn12. The van der Waals surface area contributed by atoms with Crippen molar-refractivity contribution in [2.45, 2.75) is 65.8 Å². The van der Waals surface area contributed by atoms with Crippen LogP contribution in [0.1, 0.15) is 52.7 Å². The van der Waals surface area contributed by atoms with Gasteiger partial charge in [0.2, 0.25) is 0 Å². The summed E-state index contributed by atoms with van der Waals surface area (Å²) in [4.78, 5) is 38.1. The second-order valence-corrected chi connectivity index (χ2v) is 17.2. The lowest BCUT2D eigenvalue weighted by Crippen LogP contribution is -2.37. The minimum atomic E-state index is -0.683. The van der Waals surface area contributed by atoms with Gasteiger partial charge in [-0.1, -0.05) is 100 Å². The van der Waals surface area contributed by atoms with Crippen molar-refractivity contribution < 1.29 is 19.1 Å². The zero-order chi connectivity index (χ0) is 42.6. The maximum Gasteiger partial charge on any atom is 0.416 e. The molecule has 12 nitrogen and oxygen atoms in total. The Morgan fingerprint density at radius 1 is 0.593 bits per heavy atom. The summed E-state index contributed by atoms with van der Waals surface area (Å²) in [6, 6.07) is 26.9. The summed E-state index contributed by atoms with van der Waals surface area (Å²) < 4.78 is 14.4. The van der Waals surface area contributed by atoms with E-state index in [0.717, 1.165) is 11.1 Å². The van der Waals surface area contributed by atoms with Gasteiger partial charge in [0.1, 0.15) is 28.0 Å². The number of carbonyl (C=O) groups is 2. The standard InChI is InChI=1S/C24H22Cl2N4O2.C18H17Cl3N4O2/c1-24(2,3)32-23(31)29(15-17-9-10-18(25)13-19(17)26)22-14-20(16-7-5-4-6-8-16)28-21-11-12-27-30(21)22;1-18(2,3)27-17(26)24(10-11-4-5-12(19)8-13(11)20)16-9-14(21)23-15-6-7-22-25(15)16/h4-14H,15H2,1-3H3;4-9H,10H2,1-3H3. The molecular weight excluding hydrogens is 858 g/mol. The van der Waals surface area contributed by atoms with Crippen molar-refractivity contribution >= 4 is 93.1 Å². The molecule has 3 aromatic carbocycles. The molecular formula is C42H39Cl5N8O4. The Balaban J connectivity index is 0.000000201. The van der Waals surface area contributed by atoms with Crippen LogP contribution in [0.5, 0.6) is 0 Å². The molecule has 0 bridgehead atoms. The Hall–Kier alpha value is -5.11. The second-order valence-electron chi connectivity index (χ2n) is 15.1. The monoisotopic (exact) mass is 894 g/mol. The predicted octanol–water partition coefficient (Wildman–Crippen LogP) is 12.3. The second kappa shape index (κ2) is 18.0. The highest BCUT2D eigenvalue weighted by Crippen LogP contribution is 2.31. The van der Waals surface area contributed by atoms with Crippen LogP contribution in [0.3, 0.4) is 0 Å². The number of amides is 2. The van der Waals surface area contributed by atoms with Gasteiger partial charge in [-0.2, -0.15) is 19.2 Å².